The molecule has 0 saturated carbocycles. The van der Waals surface area contributed by atoms with E-state index in [0.717, 1.165) is 17.7 Å². The van der Waals surface area contributed by atoms with E-state index < -0.39 is 0 Å². The lowest BCUT2D eigenvalue weighted by molar-refractivity contribution is -0.941. The average Bonchev–Trinajstić information content (AvgIpc) is 2.96. The number of carbonyl (C=O) groups is 1. The van der Waals surface area contributed by atoms with Gasteiger partial charge in [0.25, 0.3) is 0 Å². The van der Waals surface area contributed by atoms with Crippen molar-refractivity contribution in [3.63, 3.8) is 0 Å². The normalized spacial score (nSPS) is 23.7. The molecule has 2 aromatic rings. The quantitative estimate of drug-likeness (QED) is 0.834. The molecule has 1 unspecified atom stereocenters. The van der Waals surface area contributed by atoms with Gasteiger partial charge in [-0.2, -0.15) is 0 Å². The van der Waals surface area contributed by atoms with Crippen molar-refractivity contribution in [1.29, 1.82) is 0 Å². The Morgan fingerprint density at radius 3 is 3.00 bits per heavy atom. The number of rotatable bonds is 3. The highest BCUT2D eigenvalue weighted by molar-refractivity contribution is 6.14. The lowest BCUT2D eigenvalue weighted by atomic mass is 10.0. The number of benzene rings is 1. The van der Waals surface area contributed by atoms with Crippen molar-refractivity contribution in [2.24, 2.45) is 0 Å². The Morgan fingerprint density at radius 2 is 2.23 bits per heavy atom. The smallest absolute Gasteiger partial charge is 0.231 e. The molecule has 1 aromatic carbocycles. The third kappa shape index (κ3) is 3.10. The number of ether oxygens (including phenoxy) is 1. The van der Waals surface area contributed by atoms with Crippen molar-refractivity contribution in [2.45, 2.75) is 38.8 Å². The van der Waals surface area contributed by atoms with Gasteiger partial charge in [-0.3, -0.25) is 9.78 Å². The van der Waals surface area contributed by atoms with Crippen LogP contribution in [0.2, 0.25) is 0 Å². The number of carbonyl (C=O) groups excluding carboxylic acids is 1. The van der Waals surface area contributed by atoms with Gasteiger partial charge in [0, 0.05) is 12.4 Å². The van der Waals surface area contributed by atoms with Gasteiger partial charge >= 0.3 is 0 Å². The SMILES string of the molecule is C[C@@H]1CCCC[NH+]1Cc1c(O)ccc2c1OC(=Cc1cccnc1)C2=O. The maximum atomic E-state index is 12.7. The maximum absolute atomic E-state index is 12.7. The molecule has 5 nitrogen and oxygen atoms in total. The Hall–Kier alpha value is -2.66. The molecular weight excluding hydrogens is 328 g/mol. The first-order chi connectivity index (χ1) is 12.6. The summed E-state index contributed by atoms with van der Waals surface area (Å²) in [5.74, 6) is 0.841. The van der Waals surface area contributed by atoms with Gasteiger partial charge in [0.15, 0.2) is 11.5 Å². The van der Waals surface area contributed by atoms with Crippen molar-refractivity contribution in [1.82, 2.24) is 4.98 Å². The van der Waals surface area contributed by atoms with Crippen LogP contribution in [0.15, 0.2) is 42.4 Å². The predicted molar refractivity (Wildman–Crippen MR) is 98.1 cm³/mol. The van der Waals surface area contributed by atoms with Gasteiger partial charge in [0.05, 0.1) is 23.7 Å². The number of pyridine rings is 1. The van der Waals surface area contributed by atoms with Crippen LogP contribution < -0.4 is 9.64 Å². The Morgan fingerprint density at radius 1 is 1.35 bits per heavy atom. The number of likely N-dealkylation sites (tertiary alicyclic amines) is 1. The van der Waals surface area contributed by atoms with Gasteiger partial charge < -0.3 is 14.7 Å². The molecule has 5 heteroatoms. The fourth-order valence-corrected chi connectivity index (χ4v) is 3.82. The third-order valence-electron chi connectivity index (χ3n) is 5.38. The molecule has 1 saturated heterocycles. The number of nitrogens with zero attached hydrogens (tertiary/aromatic N) is 1. The molecule has 4 rings (SSSR count). The molecule has 1 aromatic heterocycles. The summed E-state index contributed by atoms with van der Waals surface area (Å²) in [5.41, 5.74) is 2.07. The number of hydrogen-bond donors (Lipinski definition) is 2. The fraction of sp³-hybridized carbons (Fsp3) is 0.333. The van der Waals surface area contributed by atoms with Gasteiger partial charge in [0.1, 0.15) is 12.3 Å². The highest BCUT2D eigenvalue weighted by Crippen LogP contribution is 2.39. The highest BCUT2D eigenvalue weighted by Gasteiger charge is 2.33. The topological polar surface area (TPSA) is 63.9 Å². The van der Waals surface area contributed by atoms with Crippen molar-refractivity contribution in [2.75, 3.05) is 6.54 Å². The molecule has 0 aliphatic carbocycles. The average molecular weight is 351 g/mol. The van der Waals surface area contributed by atoms with Gasteiger partial charge in [-0.15, -0.1) is 0 Å². The molecule has 0 radical (unpaired) electrons. The molecule has 26 heavy (non-hydrogen) atoms. The predicted octanol–water partition coefficient (Wildman–Crippen LogP) is 2.36. The minimum Gasteiger partial charge on any atom is -0.507 e. The number of aromatic hydroxyl groups is 1. The van der Waals surface area contributed by atoms with Gasteiger partial charge in [-0.05, 0) is 56.0 Å². The minimum atomic E-state index is -0.146. The molecular formula is C21H23N2O3+. The van der Waals surface area contributed by atoms with Gasteiger partial charge in [-0.1, -0.05) is 6.07 Å². The van der Waals surface area contributed by atoms with Crippen molar-refractivity contribution < 1.29 is 19.5 Å². The maximum Gasteiger partial charge on any atom is 0.231 e. The lowest BCUT2D eigenvalue weighted by Crippen LogP contribution is -3.14. The molecule has 0 amide bonds. The standard InChI is InChI=1S/C21H22N2O3/c1-14-5-2-3-10-23(14)13-17-18(24)8-7-16-20(25)19(26-21(16)17)11-15-6-4-9-22-12-15/h4,6-9,11-12,14,24H,2-3,5,10,13H2,1H3/p+1/t14-/m1/s1. The first kappa shape index (κ1) is 16.8. The van der Waals surface area contributed by atoms with Gasteiger partial charge in [0.2, 0.25) is 5.78 Å². The summed E-state index contributed by atoms with van der Waals surface area (Å²) in [6, 6.07) is 7.49. The second-order valence-corrected chi connectivity index (χ2v) is 7.15. The highest BCUT2D eigenvalue weighted by atomic mass is 16.5. The lowest BCUT2D eigenvalue weighted by Gasteiger charge is -2.30. The van der Waals surface area contributed by atoms with Crippen LogP contribution in [0, 0.1) is 0 Å². The van der Waals surface area contributed by atoms with Crippen molar-refractivity contribution >= 4 is 11.9 Å². The zero-order chi connectivity index (χ0) is 18.1. The fourth-order valence-electron chi connectivity index (χ4n) is 3.82. The Kier molecular flexibility index (Phi) is 4.47. The largest absolute Gasteiger partial charge is 0.507 e. The van der Waals surface area contributed by atoms with E-state index >= 15 is 0 Å². The number of piperidine rings is 1. The minimum absolute atomic E-state index is 0.146. The van der Waals surface area contributed by atoms with Crippen LogP contribution >= 0.6 is 0 Å². The van der Waals surface area contributed by atoms with E-state index in [1.54, 1.807) is 30.6 Å². The Balaban J connectivity index is 1.66. The number of phenolic OH excluding ortho intramolecular Hbond substituents is 1. The zero-order valence-electron chi connectivity index (χ0n) is 14.9. The summed E-state index contributed by atoms with van der Waals surface area (Å²) in [5, 5.41) is 10.4. The summed E-state index contributed by atoms with van der Waals surface area (Å²) >= 11 is 0. The molecule has 0 bridgehead atoms. The number of nitrogens with one attached hydrogen (secondary N) is 1. The Bertz CT molecular complexity index is 861. The molecule has 134 valence electrons. The van der Waals surface area contributed by atoms with Crippen LogP contribution in [-0.4, -0.2) is 28.5 Å². The van der Waals surface area contributed by atoms with E-state index in [2.05, 4.69) is 11.9 Å². The van der Waals surface area contributed by atoms with E-state index in [0.29, 0.717) is 23.9 Å². The number of quaternary nitrogens is 1. The third-order valence-corrected chi connectivity index (χ3v) is 5.38. The van der Waals surface area contributed by atoms with Crippen LogP contribution in [0.25, 0.3) is 6.08 Å². The first-order valence-electron chi connectivity index (χ1n) is 9.17. The van der Waals surface area contributed by atoms with Crippen LogP contribution in [0.3, 0.4) is 0 Å². The van der Waals surface area contributed by atoms with Crippen molar-refractivity contribution in [3.8, 4) is 11.5 Å². The summed E-state index contributed by atoms with van der Waals surface area (Å²) in [6.45, 7) is 3.99. The molecule has 2 aliphatic heterocycles. The van der Waals surface area contributed by atoms with E-state index in [4.69, 9.17) is 4.74 Å². The van der Waals surface area contributed by atoms with E-state index in [9.17, 15) is 9.90 Å². The number of hydrogen-bond acceptors (Lipinski definition) is 4. The molecule has 2 aliphatic rings. The number of fused-ring (bicyclic) bond motifs is 1. The summed E-state index contributed by atoms with van der Waals surface area (Å²) in [6.07, 6.45) is 8.72. The second kappa shape index (κ2) is 6.92. The number of aromatic nitrogens is 1. The van der Waals surface area contributed by atoms with E-state index in [1.165, 1.54) is 24.2 Å². The Labute approximate surface area is 152 Å². The number of phenols is 1. The monoisotopic (exact) mass is 351 g/mol. The molecule has 0 spiro atoms. The molecule has 1 fully saturated rings. The van der Waals surface area contributed by atoms with Crippen LogP contribution in [0.5, 0.6) is 11.5 Å². The molecule has 2 atom stereocenters. The van der Waals surface area contributed by atoms with Crippen molar-refractivity contribution in [3.05, 3.63) is 59.1 Å². The van der Waals surface area contributed by atoms with Crippen LogP contribution in [0.4, 0.5) is 0 Å². The van der Waals surface area contributed by atoms with Crippen LogP contribution in [-0.2, 0) is 6.54 Å². The number of allylic oxidation sites excluding steroid dienone is 1. The van der Waals surface area contributed by atoms with Crippen LogP contribution in [0.1, 0.15) is 47.7 Å². The first-order valence-corrected chi connectivity index (χ1v) is 9.17. The molecule has 2 N–H and O–H groups in total. The number of Topliss-reactive ketones (excluding diaryl/α,β-unsaturated/α-hetero) is 1. The van der Waals surface area contributed by atoms with E-state index in [-0.39, 0.29) is 17.3 Å². The summed E-state index contributed by atoms with van der Waals surface area (Å²) in [4.78, 5) is 18.2. The summed E-state index contributed by atoms with van der Waals surface area (Å²) in [7, 11) is 0. The molecule has 3 heterocycles. The van der Waals surface area contributed by atoms with Gasteiger partial charge in [-0.25, -0.2) is 0 Å². The summed E-state index contributed by atoms with van der Waals surface area (Å²) < 4.78 is 5.92. The second-order valence-electron chi connectivity index (χ2n) is 7.15. The zero-order valence-corrected chi connectivity index (χ0v) is 14.9. The van der Waals surface area contributed by atoms with E-state index in [1.807, 2.05) is 12.1 Å². The number of ketones is 1.